The topological polar surface area (TPSA) is 98.5 Å². The van der Waals surface area contributed by atoms with Gasteiger partial charge in [-0.3, -0.25) is 10.1 Å². The molecule has 1 aromatic carbocycles. The summed E-state index contributed by atoms with van der Waals surface area (Å²) in [5, 5.41) is 10.9. The summed E-state index contributed by atoms with van der Waals surface area (Å²) >= 11 is 0. The van der Waals surface area contributed by atoms with E-state index < -0.39 is 14.9 Å². The molecule has 0 atom stereocenters. The Morgan fingerprint density at radius 3 is 2.45 bits per heavy atom. The highest BCUT2D eigenvalue weighted by molar-refractivity contribution is 7.89. The zero-order valence-corrected chi connectivity index (χ0v) is 13.4. The van der Waals surface area contributed by atoms with Crippen molar-refractivity contribution in [2.45, 2.75) is 43.5 Å². The number of nitro benzene ring substituents is 1. The van der Waals surface area contributed by atoms with Crippen LogP contribution in [0, 0.1) is 16.0 Å². The van der Waals surface area contributed by atoms with Crippen LogP contribution in [-0.2, 0) is 10.0 Å². The van der Waals surface area contributed by atoms with Crippen LogP contribution in [-0.4, -0.2) is 26.5 Å². The average molecular weight is 328 g/mol. The van der Waals surface area contributed by atoms with E-state index in [0.717, 1.165) is 31.7 Å². The van der Waals surface area contributed by atoms with Gasteiger partial charge in [0.15, 0.2) is 0 Å². The van der Waals surface area contributed by atoms with Crippen LogP contribution in [0.25, 0.3) is 0 Å². The highest BCUT2D eigenvalue weighted by atomic mass is 32.2. The Morgan fingerprint density at radius 1 is 1.27 bits per heavy atom. The average Bonchev–Trinajstić information content (AvgIpc) is 2.48. The van der Waals surface area contributed by atoms with Gasteiger partial charge >= 0.3 is 0 Å². The molecule has 0 unspecified atom stereocenters. The van der Waals surface area contributed by atoms with Crippen LogP contribution in [0.4, 0.5) is 5.69 Å². The van der Waals surface area contributed by atoms with Crippen LogP contribution in [0.3, 0.4) is 0 Å². The van der Waals surface area contributed by atoms with Gasteiger partial charge in [-0.2, -0.15) is 0 Å². The fraction of sp³-hybridized carbons (Fsp3) is 0.571. The Hall–Kier alpha value is -1.67. The third-order valence-corrected chi connectivity index (χ3v) is 5.53. The minimum Gasteiger partial charge on any atom is -0.495 e. The molecule has 0 spiro atoms. The first-order valence-corrected chi connectivity index (χ1v) is 8.66. The molecule has 0 radical (unpaired) electrons. The first-order valence-electron chi connectivity index (χ1n) is 7.18. The maximum Gasteiger partial charge on any atom is 0.271 e. The molecule has 0 amide bonds. The lowest BCUT2D eigenvalue weighted by Crippen LogP contribution is -2.37. The summed E-state index contributed by atoms with van der Waals surface area (Å²) in [5.41, 5.74) is -0.279. The third kappa shape index (κ3) is 3.75. The van der Waals surface area contributed by atoms with Crippen LogP contribution in [0.5, 0.6) is 5.75 Å². The highest BCUT2D eigenvalue weighted by Crippen LogP contribution is 2.30. The van der Waals surface area contributed by atoms with Crippen molar-refractivity contribution in [3.8, 4) is 5.75 Å². The quantitative estimate of drug-likeness (QED) is 0.661. The van der Waals surface area contributed by atoms with Crippen LogP contribution < -0.4 is 9.46 Å². The van der Waals surface area contributed by atoms with Gasteiger partial charge in [0.1, 0.15) is 10.6 Å². The number of hydrogen-bond acceptors (Lipinski definition) is 5. The monoisotopic (exact) mass is 328 g/mol. The summed E-state index contributed by atoms with van der Waals surface area (Å²) in [7, 11) is -2.52. The van der Waals surface area contributed by atoms with Crippen LogP contribution in [0.2, 0.25) is 0 Å². The second kappa shape index (κ2) is 6.62. The zero-order valence-electron chi connectivity index (χ0n) is 12.6. The van der Waals surface area contributed by atoms with Crippen LogP contribution >= 0.6 is 0 Å². The predicted octanol–water partition coefficient (Wildman–Crippen LogP) is 2.46. The summed E-state index contributed by atoms with van der Waals surface area (Å²) in [5.74, 6) is 0.704. The lowest BCUT2D eigenvalue weighted by molar-refractivity contribution is -0.385. The molecule has 1 aliphatic rings. The minimum absolute atomic E-state index is 0.0993. The van der Waals surface area contributed by atoms with Gasteiger partial charge in [0.2, 0.25) is 10.0 Å². The number of methoxy groups -OCH3 is 1. The molecule has 0 aliphatic heterocycles. The van der Waals surface area contributed by atoms with Gasteiger partial charge in [0, 0.05) is 18.2 Å². The van der Waals surface area contributed by atoms with E-state index in [1.54, 1.807) is 0 Å². The van der Waals surface area contributed by atoms with E-state index in [4.69, 9.17) is 4.74 Å². The molecule has 8 heteroatoms. The highest BCUT2D eigenvalue weighted by Gasteiger charge is 2.27. The van der Waals surface area contributed by atoms with Gasteiger partial charge in [-0.05, 0) is 37.7 Å². The molecule has 7 nitrogen and oxygen atoms in total. The molecule has 0 saturated heterocycles. The SMILES string of the molecule is COc1ccc([N+](=O)[O-])cc1S(=O)(=O)NC1CCC(C)CC1. The number of benzene rings is 1. The van der Waals surface area contributed by atoms with Gasteiger partial charge in [-0.15, -0.1) is 0 Å². The Balaban J connectivity index is 2.28. The summed E-state index contributed by atoms with van der Waals surface area (Å²) in [6.45, 7) is 2.15. The number of hydrogen-bond donors (Lipinski definition) is 1. The molecule has 122 valence electrons. The lowest BCUT2D eigenvalue weighted by Gasteiger charge is -2.26. The fourth-order valence-corrected chi connectivity index (χ4v) is 4.14. The largest absolute Gasteiger partial charge is 0.495 e. The van der Waals surface area contributed by atoms with Crippen molar-refractivity contribution in [2.75, 3.05) is 7.11 Å². The molecule has 1 saturated carbocycles. The standard InChI is InChI=1S/C14H20N2O5S/c1-10-3-5-11(6-4-10)15-22(19,20)14-9-12(16(17)18)7-8-13(14)21-2/h7-11,15H,3-6H2,1-2H3. The second-order valence-corrected chi connectivity index (χ2v) is 7.35. The van der Waals surface area contributed by atoms with Gasteiger partial charge < -0.3 is 4.74 Å². The Morgan fingerprint density at radius 2 is 1.91 bits per heavy atom. The Bertz CT molecular complexity index is 651. The van der Waals surface area contributed by atoms with Crippen molar-refractivity contribution in [1.29, 1.82) is 0 Å². The van der Waals surface area contributed by atoms with Gasteiger partial charge in [-0.25, -0.2) is 13.1 Å². The molecule has 1 N–H and O–H groups in total. The lowest BCUT2D eigenvalue weighted by atomic mass is 9.88. The first-order chi connectivity index (χ1) is 10.3. The van der Waals surface area contributed by atoms with Crippen molar-refractivity contribution in [2.24, 2.45) is 5.92 Å². The molecular weight excluding hydrogens is 308 g/mol. The molecule has 0 heterocycles. The molecule has 0 bridgehead atoms. The van der Waals surface area contributed by atoms with Crippen molar-refractivity contribution >= 4 is 15.7 Å². The van der Waals surface area contributed by atoms with Gasteiger partial charge in [0.25, 0.3) is 5.69 Å². The number of sulfonamides is 1. The molecule has 1 aromatic rings. The number of nitrogens with one attached hydrogen (secondary N) is 1. The van der Waals surface area contributed by atoms with Crippen molar-refractivity contribution in [3.63, 3.8) is 0 Å². The predicted molar refractivity (Wildman–Crippen MR) is 81.4 cm³/mol. The number of nitro groups is 1. The summed E-state index contributed by atoms with van der Waals surface area (Å²) in [6.07, 6.45) is 3.49. The first kappa shape index (κ1) is 16.7. The molecule has 1 fully saturated rings. The maximum atomic E-state index is 12.5. The molecule has 2 rings (SSSR count). The minimum atomic E-state index is -3.86. The number of nitrogens with zero attached hydrogens (tertiary/aromatic N) is 1. The van der Waals surface area contributed by atoms with E-state index in [0.29, 0.717) is 5.92 Å². The second-order valence-electron chi connectivity index (χ2n) is 5.67. The van der Waals surface area contributed by atoms with Crippen LogP contribution in [0.15, 0.2) is 23.1 Å². The van der Waals surface area contributed by atoms with Gasteiger partial charge in [-0.1, -0.05) is 6.92 Å². The van der Waals surface area contributed by atoms with Crippen LogP contribution in [0.1, 0.15) is 32.6 Å². The van der Waals surface area contributed by atoms with Crippen molar-refractivity contribution in [3.05, 3.63) is 28.3 Å². The van der Waals surface area contributed by atoms with E-state index in [1.165, 1.54) is 19.2 Å². The van der Waals surface area contributed by atoms with E-state index in [-0.39, 0.29) is 22.4 Å². The molecule has 0 aromatic heterocycles. The molecular formula is C14H20N2O5S. The Kier molecular flexibility index (Phi) is 5.02. The molecule has 1 aliphatic carbocycles. The number of non-ortho nitro benzene ring substituents is 1. The van der Waals surface area contributed by atoms with E-state index >= 15 is 0 Å². The van der Waals surface area contributed by atoms with E-state index in [1.807, 2.05) is 0 Å². The number of ether oxygens (including phenoxy) is 1. The van der Waals surface area contributed by atoms with E-state index in [9.17, 15) is 18.5 Å². The fourth-order valence-electron chi connectivity index (χ4n) is 2.65. The van der Waals surface area contributed by atoms with Crippen molar-refractivity contribution < 1.29 is 18.1 Å². The summed E-state index contributed by atoms with van der Waals surface area (Å²) < 4.78 is 32.7. The zero-order chi connectivity index (χ0) is 16.3. The number of rotatable bonds is 5. The maximum absolute atomic E-state index is 12.5. The normalized spacial score (nSPS) is 22.3. The van der Waals surface area contributed by atoms with E-state index in [2.05, 4.69) is 11.6 Å². The third-order valence-electron chi connectivity index (χ3n) is 3.99. The molecule has 22 heavy (non-hydrogen) atoms. The van der Waals surface area contributed by atoms with Gasteiger partial charge in [0.05, 0.1) is 12.0 Å². The smallest absolute Gasteiger partial charge is 0.271 e. The summed E-state index contributed by atoms with van der Waals surface area (Å²) in [6, 6.07) is 3.42. The summed E-state index contributed by atoms with van der Waals surface area (Å²) in [4.78, 5) is 10.0. The Labute approximate surface area is 129 Å². The van der Waals surface area contributed by atoms with Crippen molar-refractivity contribution in [1.82, 2.24) is 4.72 Å².